The zero-order valence-corrected chi connectivity index (χ0v) is 11.2. The van der Waals surface area contributed by atoms with Gasteiger partial charge in [-0.15, -0.1) is 0 Å². The van der Waals surface area contributed by atoms with E-state index in [1.165, 1.54) is 0 Å². The van der Waals surface area contributed by atoms with Crippen molar-refractivity contribution in [2.45, 2.75) is 19.8 Å². The zero-order chi connectivity index (χ0) is 12.6. The van der Waals surface area contributed by atoms with Crippen molar-refractivity contribution in [3.63, 3.8) is 0 Å². The van der Waals surface area contributed by atoms with Crippen LogP contribution >= 0.6 is 0 Å². The minimum absolute atomic E-state index is 0.0122. The number of unbranched alkanes of at least 4 members (excludes halogenated alkanes) is 1. The molecule has 0 fully saturated rings. The van der Waals surface area contributed by atoms with Gasteiger partial charge in [-0.2, -0.15) is 0 Å². The molecule has 96 valence electrons. The van der Waals surface area contributed by atoms with Crippen LogP contribution in [0.15, 0.2) is 0 Å². The third-order valence-corrected chi connectivity index (χ3v) is 4.14. The normalized spacial score (nSPS) is 13.4. The topological polar surface area (TPSA) is 77.5 Å². The van der Waals surface area contributed by atoms with Crippen LogP contribution in [0.1, 0.15) is 19.8 Å². The van der Waals surface area contributed by atoms with E-state index >= 15 is 0 Å². The summed E-state index contributed by atoms with van der Waals surface area (Å²) in [7, 11) is -4.58. The first-order valence-corrected chi connectivity index (χ1v) is 8.58. The maximum absolute atomic E-state index is 11.3. The van der Waals surface area contributed by atoms with Crippen molar-refractivity contribution < 1.29 is 22.2 Å². The summed E-state index contributed by atoms with van der Waals surface area (Å²) >= 11 is 0. The van der Waals surface area contributed by atoms with Gasteiger partial charge in [0, 0.05) is 22.8 Å². The van der Waals surface area contributed by atoms with Gasteiger partial charge in [0.2, 0.25) is 0 Å². The molecule has 0 radical (unpaired) electrons. The van der Waals surface area contributed by atoms with Crippen LogP contribution in [0.4, 0.5) is 0 Å². The quantitative estimate of drug-likeness (QED) is 0.462. The summed E-state index contributed by atoms with van der Waals surface area (Å²) in [4.78, 5) is 11.1. The molecule has 0 heterocycles. The molecular formula is C9H18O5S2. The number of hydrogen-bond donors (Lipinski definition) is 0. The average molecular weight is 270 g/mol. The average Bonchev–Trinajstić information content (AvgIpc) is 2.14. The van der Waals surface area contributed by atoms with E-state index in [-0.39, 0.29) is 17.3 Å². The molecule has 1 atom stereocenters. The highest BCUT2D eigenvalue weighted by Crippen LogP contribution is 1.93. The molecule has 0 bridgehead atoms. The number of carbonyl (C=O) groups is 1. The number of rotatable bonds is 8. The van der Waals surface area contributed by atoms with Crippen LogP contribution in [0.3, 0.4) is 0 Å². The summed E-state index contributed by atoms with van der Waals surface area (Å²) in [6.45, 7) is 2.30. The lowest BCUT2D eigenvalue weighted by molar-refractivity contribution is -0.140. The molecule has 7 heteroatoms. The molecule has 0 saturated carbocycles. The van der Waals surface area contributed by atoms with Gasteiger partial charge in [-0.3, -0.25) is 9.00 Å². The Labute approximate surface area is 98.9 Å². The van der Waals surface area contributed by atoms with E-state index in [1.54, 1.807) is 0 Å². The van der Waals surface area contributed by atoms with Gasteiger partial charge in [-0.05, 0) is 6.42 Å². The van der Waals surface area contributed by atoms with E-state index in [0.29, 0.717) is 6.61 Å². The highest BCUT2D eigenvalue weighted by atomic mass is 32.2. The van der Waals surface area contributed by atoms with E-state index in [4.69, 9.17) is 4.74 Å². The van der Waals surface area contributed by atoms with Crippen molar-refractivity contribution in [3.8, 4) is 0 Å². The Kier molecular flexibility index (Phi) is 7.57. The standard InChI is InChI=1S/C9H18O5S2/c1-3-4-5-14-9(10)8-15(11)6-7-16(2,12)13/h3-8H2,1-2H3. The molecular weight excluding hydrogens is 252 g/mol. The van der Waals surface area contributed by atoms with E-state index in [9.17, 15) is 17.4 Å². The third kappa shape index (κ3) is 10.1. The smallest absolute Gasteiger partial charge is 0.318 e. The lowest BCUT2D eigenvalue weighted by Crippen LogP contribution is -2.20. The van der Waals surface area contributed by atoms with Gasteiger partial charge in [0.1, 0.15) is 15.6 Å². The van der Waals surface area contributed by atoms with E-state index in [2.05, 4.69) is 0 Å². The van der Waals surface area contributed by atoms with Crippen LogP contribution in [-0.4, -0.2) is 48.7 Å². The van der Waals surface area contributed by atoms with Crippen LogP contribution in [0.2, 0.25) is 0 Å². The van der Waals surface area contributed by atoms with Crippen LogP contribution in [0.25, 0.3) is 0 Å². The largest absolute Gasteiger partial charge is 0.465 e. The molecule has 0 aromatic rings. The highest BCUT2D eigenvalue weighted by molar-refractivity contribution is 7.92. The van der Waals surface area contributed by atoms with Crippen molar-refractivity contribution in [3.05, 3.63) is 0 Å². The summed E-state index contributed by atoms with van der Waals surface area (Å²) in [5.41, 5.74) is 0. The van der Waals surface area contributed by atoms with Crippen LogP contribution in [0.5, 0.6) is 0 Å². The molecule has 1 unspecified atom stereocenters. The number of carbonyl (C=O) groups excluding carboxylic acids is 1. The minimum atomic E-state index is -3.12. The molecule has 0 rings (SSSR count). The lowest BCUT2D eigenvalue weighted by Gasteiger charge is -2.03. The number of sulfone groups is 1. The van der Waals surface area contributed by atoms with Crippen molar-refractivity contribution in [2.75, 3.05) is 30.1 Å². The molecule has 0 aliphatic carbocycles. The first kappa shape index (κ1) is 15.6. The number of ether oxygens (including phenoxy) is 1. The van der Waals surface area contributed by atoms with Crippen LogP contribution in [-0.2, 0) is 30.2 Å². The SMILES string of the molecule is CCCCOC(=O)CS(=O)CCS(C)(=O)=O. The fourth-order valence-electron chi connectivity index (χ4n) is 0.820. The van der Waals surface area contributed by atoms with Gasteiger partial charge < -0.3 is 4.74 Å². The van der Waals surface area contributed by atoms with Crippen LogP contribution < -0.4 is 0 Å². The molecule has 0 amide bonds. The fourth-order valence-corrected chi connectivity index (χ4v) is 3.27. The summed E-state index contributed by atoms with van der Waals surface area (Å²) in [6.07, 6.45) is 2.77. The van der Waals surface area contributed by atoms with Crippen molar-refractivity contribution in [2.24, 2.45) is 0 Å². The molecule has 0 saturated heterocycles. The molecule has 0 aromatic heterocycles. The Morgan fingerprint density at radius 2 is 2.00 bits per heavy atom. The molecule has 0 aromatic carbocycles. The number of esters is 1. The van der Waals surface area contributed by atoms with Crippen molar-refractivity contribution in [1.29, 1.82) is 0 Å². The van der Waals surface area contributed by atoms with Gasteiger partial charge in [-0.25, -0.2) is 8.42 Å². The first-order valence-electron chi connectivity index (χ1n) is 5.03. The summed E-state index contributed by atoms with van der Waals surface area (Å²) in [5.74, 6) is -0.928. The highest BCUT2D eigenvalue weighted by Gasteiger charge is 2.11. The second-order valence-corrected chi connectivity index (χ2v) is 7.33. The second kappa shape index (κ2) is 7.78. The van der Waals surface area contributed by atoms with Gasteiger partial charge in [0.15, 0.2) is 0 Å². The second-order valence-electron chi connectivity index (χ2n) is 3.49. The monoisotopic (exact) mass is 270 g/mol. The van der Waals surface area contributed by atoms with Gasteiger partial charge in [0.05, 0.1) is 12.4 Å². The van der Waals surface area contributed by atoms with Gasteiger partial charge in [0.25, 0.3) is 0 Å². The van der Waals surface area contributed by atoms with Crippen molar-refractivity contribution in [1.82, 2.24) is 0 Å². The molecule has 5 nitrogen and oxygen atoms in total. The summed E-state index contributed by atoms with van der Waals surface area (Å²) in [5, 5.41) is 0. The van der Waals surface area contributed by atoms with Crippen molar-refractivity contribution >= 4 is 26.6 Å². The van der Waals surface area contributed by atoms with Gasteiger partial charge in [-0.1, -0.05) is 13.3 Å². The predicted molar refractivity (Wildman–Crippen MR) is 63.5 cm³/mol. The third-order valence-electron chi connectivity index (χ3n) is 1.72. The lowest BCUT2D eigenvalue weighted by atomic mass is 10.4. The summed E-state index contributed by atoms with van der Waals surface area (Å²) in [6, 6.07) is 0. The van der Waals surface area contributed by atoms with E-state index in [0.717, 1.165) is 19.1 Å². The fraction of sp³-hybridized carbons (Fsp3) is 0.889. The van der Waals surface area contributed by atoms with Gasteiger partial charge >= 0.3 is 5.97 Å². The Hall–Kier alpha value is -0.430. The Bertz CT molecular complexity index is 334. The Morgan fingerprint density at radius 1 is 1.38 bits per heavy atom. The van der Waals surface area contributed by atoms with Crippen LogP contribution in [0, 0.1) is 0 Å². The first-order chi connectivity index (χ1) is 7.35. The molecule has 0 N–H and O–H groups in total. The minimum Gasteiger partial charge on any atom is -0.465 e. The zero-order valence-electron chi connectivity index (χ0n) is 9.60. The molecule has 0 spiro atoms. The molecule has 16 heavy (non-hydrogen) atoms. The Balaban J connectivity index is 3.75. The van der Waals surface area contributed by atoms with E-state index < -0.39 is 26.6 Å². The maximum atomic E-state index is 11.3. The molecule has 0 aliphatic rings. The van der Waals surface area contributed by atoms with E-state index in [1.807, 2.05) is 6.92 Å². The number of hydrogen-bond acceptors (Lipinski definition) is 5. The molecule has 0 aliphatic heterocycles. The summed E-state index contributed by atoms with van der Waals surface area (Å²) < 4.78 is 37.6. The maximum Gasteiger partial charge on any atom is 0.318 e. The predicted octanol–water partition coefficient (Wildman–Crippen LogP) is 0.123. The Morgan fingerprint density at radius 3 is 2.50 bits per heavy atom.